The summed E-state index contributed by atoms with van der Waals surface area (Å²) in [5.74, 6) is 0.221. The second-order valence-corrected chi connectivity index (χ2v) is 5.66. The Labute approximate surface area is 122 Å². The summed E-state index contributed by atoms with van der Waals surface area (Å²) < 4.78 is 51.1. The first-order valence-corrected chi connectivity index (χ1v) is 7.36. The summed E-state index contributed by atoms with van der Waals surface area (Å²) in [5, 5.41) is 0. The molecule has 112 valence electrons. The maximum atomic E-state index is 12.9. The van der Waals surface area contributed by atoms with Crippen molar-refractivity contribution >= 4 is 15.7 Å². The van der Waals surface area contributed by atoms with Crippen LogP contribution in [-0.4, -0.2) is 22.6 Å². The van der Waals surface area contributed by atoms with Crippen LogP contribution < -0.4 is 9.47 Å². The molecule has 0 aliphatic rings. The first-order valence-electron chi connectivity index (χ1n) is 5.92. The second-order valence-electron chi connectivity index (χ2n) is 4.06. The third kappa shape index (κ3) is 3.43. The highest BCUT2D eigenvalue weighted by Crippen LogP contribution is 2.38. The van der Waals surface area contributed by atoms with Crippen LogP contribution in [0.2, 0.25) is 0 Å². The Balaban J connectivity index is 2.38. The van der Waals surface area contributed by atoms with Gasteiger partial charge in [0.1, 0.15) is 27.3 Å². The molecular formula is C14H13FNO4S-. The molecule has 0 bridgehead atoms. The first-order chi connectivity index (χ1) is 9.96. The van der Waals surface area contributed by atoms with Crippen molar-refractivity contribution in [2.45, 2.75) is 4.90 Å². The van der Waals surface area contributed by atoms with Gasteiger partial charge in [0, 0.05) is 0 Å². The fraction of sp³-hybridized carbons (Fsp3) is 0.143. The van der Waals surface area contributed by atoms with E-state index in [1.54, 1.807) is 12.1 Å². The fourth-order valence-electron chi connectivity index (χ4n) is 1.66. The highest BCUT2D eigenvalue weighted by Gasteiger charge is 2.07. The van der Waals surface area contributed by atoms with E-state index in [1.165, 1.54) is 20.3 Å². The number of rotatable bonds is 5. The molecule has 0 radical (unpaired) electrons. The van der Waals surface area contributed by atoms with Crippen LogP contribution >= 0.6 is 0 Å². The van der Waals surface area contributed by atoms with Gasteiger partial charge < -0.3 is 14.2 Å². The van der Waals surface area contributed by atoms with Crippen molar-refractivity contribution < 1.29 is 22.3 Å². The van der Waals surface area contributed by atoms with E-state index in [2.05, 4.69) is 4.72 Å². The van der Waals surface area contributed by atoms with E-state index in [-0.39, 0.29) is 10.6 Å². The standard InChI is InChI=1S/C14H13FNO4S/c1-19-11-5-8-14(20-2)13(9-11)16-21(17,18)12-6-3-10(15)4-7-12/h3-9H,1-2H3/q-1. The number of sulfonamides is 1. The number of hydrogen-bond acceptors (Lipinski definition) is 4. The third-order valence-electron chi connectivity index (χ3n) is 2.72. The Morgan fingerprint density at radius 1 is 1.00 bits per heavy atom. The molecule has 21 heavy (non-hydrogen) atoms. The van der Waals surface area contributed by atoms with Gasteiger partial charge >= 0.3 is 0 Å². The predicted molar refractivity (Wildman–Crippen MR) is 76.2 cm³/mol. The molecule has 0 heterocycles. The Morgan fingerprint density at radius 2 is 1.67 bits per heavy atom. The number of nitrogens with zero attached hydrogens (tertiary/aromatic N) is 1. The zero-order valence-corrected chi connectivity index (χ0v) is 12.2. The van der Waals surface area contributed by atoms with Gasteiger partial charge in [-0.15, -0.1) is 0 Å². The Hall–Kier alpha value is -2.28. The SMILES string of the molecule is COc1ccc(OC)c([N-]S(=O)(=O)c2ccc(F)cc2)c1. The minimum Gasteiger partial charge on any atom is -0.570 e. The van der Waals surface area contributed by atoms with Crippen molar-refractivity contribution in [3.05, 3.63) is 53.0 Å². The largest absolute Gasteiger partial charge is 0.570 e. The highest BCUT2D eigenvalue weighted by molar-refractivity contribution is 7.94. The Kier molecular flexibility index (Phi) is 4.32. The maximum Gasteiger partial charge on any atom is 0.123 e. The number of methoxy groups -OCH3 is 2. The maximum absolute atomic E-state index is 12.9. The molecule has 0 aliphatic heterocycles. The molecule has 0 aromatic heterocycles. The van der Waals surface area contributed by atoms with E-state index in [9.17, 15) is 12.8 Å². The first kappa shape index (κ1) is 15.1. The lowest BCUT2D eigenvalue weighted by Crippen LogP contribution is -1.99. The number of ether oxygens (including phenoxy) is 2. The molecule has 2 aromatic carbocycles. The van der Waals surface area contributed by atoms with Gasteiger partial charge in [0.05, 0.1) is 19.1 Å². The third-order valence-corrected chi connectivity index (χ3v) is 4.02. The van der Waals surface area contributed by atoms with Crippen molar-refractivity contribution in [3.8, 4) is 11.5 Å². The average Bonchev–Trinajstić information content (AvgIpc) is 2.47. The van der Waals surface area contributed by atoms with Crippen molar-refractivity contribution in [1.82, 2.24) is 0 Å². The summed E-state index contributed by atoms with van der Waals surface area (Å²) in [6, 6.07) is 9.05. The molecule has 2 aromatic rings. The monoisotopic (exact) mass is 310 g/mol. The number of benzene rings is 2. The summed E-state index contributed by atoms with van der Waals surface area (Å²) in [6.07, 6.45) is 0. The van der Waals surface area contributed by atoms with Crippen LogP contribution in [0, 0.1) is 5.82 Å². The average molecular weight is 310 g/mol. The van der Waals surface area contributed by atoms with Crippen LogP contribution in [0.25, 0.3) is 4.72 Å². The number of halogens is 1. The van der Waals surface area contributed by atoms with Gasteiger partial charge in [-0.1, -0.05) is 5.69 Å². The normalized spacial score (nSPS) is 11.0. The van der Waals surface area contributed by atoms with E-state index in [4.69, 9.17) is 9.47 Å². The smallest absolute Gasteiger partial charge is 0.123 e. The summed E-state index contributed by atoms with van der Waals surface area (Å²) in [5.41, 5.74) is 0.112. The van der Waals surface area contributed by atoms with Crippen LogP contribution in [0.4, 0.5) is 10.1 Å². The van der Waals surface area contributed by atoms with Crippen LogP contribution in [-0.2, 0) is 10.0 Å². The lowest BCUT2D eigenvalue weighted by Gasteiger charge is -2.24. The molecule has 7 heteroatoms. The molecule has 0 unspecified atom stereocenters. The summed E-state index contributed by atoms with van der Waals surface area (Å²) in [7, 11) is -1.10. The van der Waals surface area contributed by atoms with Crippen molar-refractivity contribution in [1.29, 1.82) is 0 Å². The molecule has 0 fully saturated rings. The lowest BCUT2D eigenvalue weighted by molar-refractivity contribution is 0.405. The summed E-state index contributed by atoms with van der Waals surface area (Å²) in [4.78, 5) is -0.103. The zero-order valence-electron chi connectivity index (χ0n) is 11.4. The lowest BCUT2D eigenvalue weighted by atomic mass is 10.3. The molecule has 0 amide bonds. The van der Waals surface area contributed by atoms with Crippen molar-refractivity contribution in [2.24, 2.45) is 0 Å². The van der Waals surface area contributed by atoms with Crippen LogP contribution in [0.15, 0.2) is 47.4 Å². The zero-order chi connectivity index (χ0) is 15.5. The van der Waals surface area contributed by atoms with Crippen LogP contribution in [0.3, 0.4) is 0 Å². The summed E-state index contributed by atoms with van der Waals surface area (Å²) in [6.45, 7) is 0. The molecule has 5 nitrogen and oxygen atoms in total. The molecule has 0 atom stereocenters. The molecule has 0 saturated carbocycles. The minimum absolute atomic E-state index is 0.103. The molecule has 0 spiro atoms. The van der Waals surface area contributed by atoms with Gasteiger partial charge in [-0.3, -0.25) is 0 Å². The number of hydrogen-bond donors (Lipinski definition) is 0. The van der Waals surface area contributed by atoms with E-state index < -0.39 is 15.8 Å². The molecule has 0 saturated heterocycles. The van der Waals surface area contributed by atoms with Gasteiger partial charge in [-0.05, 0) is 42.5 Å². The summed E-state index contributed by atoms with van der Waals surface area (Å²) >= 11 is 0. The van der Waals surface area contributed by atoms with E-state index >= 15 is 0 Å². The second kappa shape index (κ2) is 6.01. The molecule has 2 rings (SSSR count). The van der Waals surface area contributed by atoms with E-state index in [0.29, 0.717) is 11.5 Å². The van der Waals surface area contributed by atoms with Crippen LogP contribution in [0.5, 0.6) is 11.5 Å². The van der Waals surface area contributed by atoms with Gasteiger partial charge in [-0.25, -0.2) is 12.8 Å². The highest BCUT2D eigenvalue weighted by atomic mass is 32.2. The molecule has 0 aliphatic carbocycles. The van der Waals surface area contributed by atoms with Crippen molar-refractivity contribution in [2.75, 3.05) is 14.2 Å². The molecule has 0 N–H and O–H groups in total. The molecular weight excluding hydrogens is 297 g/mol. The topological polar surface area (TPSA) is 66.7 Å². The van der Waals surface area contributed by atoms with Gasteiger partial charge in [0.15, 0.2) is 0 Å². The predicted octanol–water partition coefficient (Wildman–Crippen LogP) is 3.24. The Bertz CT molecular complexity index is 729. The Morgan fingerprint density at radius 3 is 2.24 bits per heavy atom. The quantitative estimate of drug-likeness (QED) is 0.850. The van der Waals surface area contributed by atoms with E-state index in [1.807, 2.05) is 0 Å². The van der Waals surface area contributed by atoms with Crippen LogP contribution in [0.1, 0.15) is 0 Å². The van der Waals surface area contributed by atoms with Crippen molar-refractivity contribution in [3.63, 3.8) is 0 Å². The van der Waals surface area contributed by atoms with Gasteiger partial charge in [0.2, 0.25) is 0 Å². The minimum atomic E-state index is -3.96. The van der Waals surface area contributed by atoms with Gasteiger partial charge in [-0.2, -0.15) is 0 Å². The fourth-order valence-corrected chi connectivity index (χ4v) is 2.64. The van der Waals surface area contributed by atoms with E-state index in [0.717, 1.165) is 24.3 Å². The van der Waals surface area contributed by atoms with Gasteiger partial charge in [0.25, 0.3) is 0 Å².